The van der Waals surface area contributed by atoms with Gasteiger partial charge in [0.1, 0.15) is 22.7 Å². The Morgan fingerprint density at radius 2 is 2.25 bits per heavy atom. The zero-order chi connectivity index (χ0) is 17.5. The first-order chi connectivity index (χ1) is 11.3. The van der Waals surface area contributed by atoms with E-state index in [0.717, 1.165) is 24.2 Å². The van der Waals surface area contributed by atoms with Gasteiger partial charge in [-0.15, -0.1) is 0 Å². The lowest BCUT2D eigenvalue weighted by atomic mass is 9.97. The van der Waals surface area contributed by atoms with Gasteiger partial charge < -0.3 is 15.8 Å². The molecule has 0 bridgehead atoms. The molecule has 1 aromatic heterocycles. The molecule has 3 rings (SSSR count). The van der Waals surface area contributed by atoms with E-state index in [1.54, 1.807) is 7.05 Å². The molecule has 128 valence electrons. The number of nitrogens with zero attached hydrogens (tertiary/aromatic N) is 2. The predicted octanol–water partition coefficient (Wildman–Crippen LogP) is 2.60. The number of carbonyl (C=O) groups excluding carboxylic acids is 1. The molecule has 1 atom stereocenters. The molecule has 0 unspecified atom stereocenters. The summed E-state index contributed by atoms with van der Waals surface area (Å²) in [5.74, 6) is 1.09. The van der Waals surface area contributed by atoms with E-state index >= 15 is 0 Å². The smallest absolute Gasteiger partial charge is 0.257 e. The highest BCUT2D eigenvalue weighted by molar-refractivity contribution is 5.98. The van der Waals surface area contributed by atoms with Crippen molar-refractivity contribution >= 4 is 11.7 Å². The van der Waals surface area contributed by atoms with Crippen LogP contribution < -0.4 is 15.8 Å². The Kier molecular flexibility index (Phi) is 3.99. The highest BCUT2D eigenvalue weighted by Crippen LogP contribution is 2.36. The van der Waals surface area contributed by atoms with Crippen LogP contribution in [0.1, 0.15) is 54.7 Å². The van der Waals surface area contributed by atoms with Gasteiger partial charge in [0.15, 0.2) is 0 Å². The lowest BCUT2D eigenvalue weighted by Crippen LogP contribution is -2.28. The highest BCUT2D eigenvalue weighted by Gasteiger charge is 2.30. The van der Waals surface area contributed by atoms with Crippen molar-refractivity contribution in [2.75, 3.05) is 5.73 Å². The molecule has 0 radical (unpaired) electrons. The summed E-state index contributed by atoms with van der Waals surface area (Å²) < 4.78 is 7.41. The summed E-state index contributed by atoms with van der Waals surface area (Å²) in [6.07, 6.45) is 3.15. The van der Waals surface area contributed by atoms with Crippen LogP contribution in [0.15, 0.2) is 24.4 Å². The number of nitrogens with two attached hydrogens (primary N) is 1. The number of hydrogen-bond acceptors (Lipinski definition) is 4. The van der Waals surface area contributed by atoms with Crippen LogP contribution in [0.25, 0.3) is 0 Å². The van der Waals surface area contributed by atoms with Crippen LogP contribution in [0.3, 0.4) is 0 Å². The molecule has 2 heterocycles. The van der Waals surface area contributed by atoms with Gasteiger partial charge in [0.2, 0.25) is 0 Å². The monoisotopic (exact) mass is 328 g/mol. The summed E-state index contributed by atoms with van der Waals surface area (Å²) in [4.78, 5) is 12.5. The van der Waals surface area contributed by atoms with Gasteiger partial charge in [-0.2, -0.15) is 5.10 Å². The minimum atomic E-state index is -0.204. The van der Waals surface area contributed by atoms with Gasteiger partial charge in [-0.05, 0) is 43.5 Å². The van der Waals surface area contributed by atoms with Gasteiger partial charge in [0.25, 0.3) is 5.91 Å². The van der Waals surface area contributed by atoms with Crippen LogP contribution in [0.4, 0.5) is 5.82 Å². The molecule has 1 aliphatic rings. The largest absolute Gasteiger partial charge is 0.487 e. The normalized spacial score (nSPS) is 16.3. The van der Waals surface area contributed by atoms with Crippen molar-refractivity contribution in [3.63, 3.8) is 0 Å². The first kappa shape index (κ1) is 16.4. The molecular weight excluding hydrogens is 304 g/mol. The first-order valence-corrected chi connectivity index (χ1v) is 8.21. The number of amides is 1. The number of anilines is 1. The quantitative estimate of drug-likeness (QED) is 0.904. The van der Waals surface area contributed by atoms with Crippen molar-refractivity contribution in [1.82, 2.24) is 15.1 Å². The van der Waals surface area contributed by atoms with Crippen LogP contribution >= 0.6 is 0 Å². The third-order valence-electron chi connectivity index (χ3n) is 4.43. The standard InChI is InChI=1S/C18H24N4O2/c1-5-14(21-17(23)13-10-20-22(4)16(13)19)11-6-7-15-12(8-11)9-18(2,3)24-15/h6-8,10,14H,5,9,19H2,1-4H3,(H,21,23)/t14-/m1/s1. The fourth-order valence-electron chi connectivity index (χ4n) is 3.13. The van der Waals surface area contributed by atoms with Crippen LogP contribution in [0.5, 0.6) is 5.75 Å². The maximum absolute atomic E-state index is 12.5. The number of rotatable bonds is 4. The second-order valence-corrected chi connectivity index (χ2v) is 6.91. The fraction of sp³-hybridized carbons (Fsp3) is 0.444. The first-order valence-electron chi connectivity index (χ1n) is 8.21. The minimum Gasteiger partial charge on any atom is -0.487 e. The lowest BCUT2D eigenvalue weighted by molar-refractivity contribution is 0.0936. The molecule has 3 N–H and O–H groups in total. The van der Waals surface area contributed by atoms with Gasteiger partial charge in [0, 0.05) is 13.5 Å². The maximum Gasteiger partial charge on any atom is 0.257 e. The van der Waals surface area contributed by atoms with E-state index in [4.69, 9.17) is 10.5 Å². The molecule has 0 spiro atoms. The Labute approximate surface area is 142 Å². The number of ether oxygens (including phenoxy) is 1. The molecule has 0 fully saturated rings. The molecule has 0 saturated heterocycles. The average molecular weight is 328 g/mol. The van der Waals surface area contributed by atoms with Crippen molar-refractivity contribution in [3.05, 3.63) is 41.1 Å². The zero-order valence-corrected chi connectivity index (χ0v) is 14.6. The SMILES string of the molecule is CC[C@@H](NC(=O)c1cnn(C)c1N)c1ccc2c(c1)CC(C)(C)O2. The molecule has 24 heavy (non-hydrogen) atoms. The van der Waals surface area contributed by atoms with E-state index in [0.29, 0.717) is 11.4 Å². The number of nitrogen functional groups attached to an aromatic ring is 1. The Balaban J connectivity index is 1.80. The molecule has 2 aromatic rings. The number of hydrogen-bond donors (Lipinski definition) is 2. The van der Waals surface area contributed by atoms with E-state index < -0.39 is 0 Å². The van der Waals surface area contributed by atoms with E-state index in [1.807, 2.05) is 19.1 Å². The molecule has 6 heteroatoms. The van der Waals surface area contributed by atoms with Crippen molar-refractivity contribution in [3.8, 4) is 5.75 Å². The Bertz CT molecular complexity index is 779. The minimum absolute atomic E-state index is 0.0777. The summed E-state index contributed by atoms with van der Waals surface area (Å²) in [6, 6.07) is 6.06. The van der Waals surface area contributed by atoms with Crippen molar-refractivity contribution in [1.29, 1.82) is 0 Å². The topological polar surface area (TPSA) is 82.2 Å². The average Bonchev–Trinajstić information content (AvgIpc) is 3.02. The number of aryl methyl sites for hydroxylation is 1. The third kappa shape index (κ3) is 2.96. The number of carbonyl (C=O) groups is 1. The third-order valence-corrected chi connectivity index (χ3v) is 4.43. The number of aromatic nitrogens is 2. The summed E-state index contributed by atoms with van der Waals surface area (Å²) in [6.45, 7) is 6.21. The summed E-state index contributed by atoms with van der Waals surface area (Å²) in [7, 11) is 1.71. The molecule has 0 aliphatic carbocycles. The van der Waals surface area contributed by atoms with E-state index in [-0.39, 0.29) is 17.6 Å². The van der Waals surface area contributed by atoms with Gasteiger partial charge in [0.05, 0.1) is 12.2 Å². The van der Waals surface area contributed by atoms with Gasteiger partial charge >= 0.3 is 0 Å². The fourth-order valence-corrected chi connectivity index (χ4v) is 3.13. The Morgan fingerprint density at radius 1 is 1.50 bits per heavy atom. The molecule has 1 amide bonds. The Hall–Kier alpha value is -2.50. The van der Waals surface area contributed by atoms with Crippen LogP contribution in [0.2, 0.25) is 0 Å². The van der Waals surface area contributed by atoms with Gasteiger partial charge in [-0.3, -0.25) is 9.48 Å². The summed E-state index contributed by atoms with van der Waals surface area (Å²) >= 11 is 0. The number of benzene rings is 1. The van der Waals surface area contributed by atoms with Gasteiger partial charge in [-0.1, -0.05) is 13.0 Å². The molecule has 1 aliphatic heterocycles. The van der Waals surface area contributed by atoms with Crippen molar-refractivity contribution < 1.29 is 9.53 Å². The second-order valence-electron chi connectivity index (χ2n) is 6.91. The molecule has 1 aromatic carbocycles. The summed E-state index contributed by atoms with van der Waals surface area (Å²) in [5.41, 5.74) is 8.38. The number of nitrogens with one attached hydrogen (secondary N) is 1. The predicted molar refractivity (Wildman–Crippen MR) is 93.0 cm³/mol. The molecule has 0 saturated carbocycles. The van der Waals surface area contributed by atoms with Crippen LogP contribution in [-0.2, 0) is 13.5 Å². The Morgan fingerprint density at radius 3 is 2.88 bits per heavy atom. The maximum atomic E-state index is 12.5. The van der Waals surface area contributed by atoms with E-state index in [1.165, 1.54) is 16.4 Å². The lowest BCUT2D eigenvalue weighted by Gasteiger charge is -2.18. The zero-order valence-electron chi connectivity index (χ0n) is 14.6. The molecule has 6 nitrogen and oxygen atoms in total. The van der Waals surface area contributed by atoms with Crippen LogP contribution in [0, 0.1) is 0 Å². The molecular formula is C18H24N4O2. The van der Waals surface area contributed by atoms with E-state index in [2.05, 4.69) is 30.3 Å². The van der Waals surface area contributed by atoms with Gasteiger partial charge in [-0.25, -0.2) is 0 Å². The van der Waals surface area contributed by atoms with Crippen molar-refractivity contribution in [2.24, 2.45) is 7.05 Å². The number of fused-ring (bicyclic) bond motifs is 1. The van der Waals surface area contributed by atoms with Crippen molar-refractivity contribution in [2.45, 2.75) is 45.3 Å². The van der Waals surface area contributed by atoms with E-state index in [9.17, 15) is 4.79 Å². The summed E-state index contributed by atoms with van der Waals surface area (Å²) in [5, 5.41) is 7.07. The second kappa shape index (κ2) is 5.85. The van der Waals surface area contributed by atoms with Crippen LogP contribution in [-0.4, -0.2) is 21.3 Å². The highest BCUT2D eigenvalue weighted by atomic mass is 16.5.